The predicted octanol–water partition coefficient (Wildman–Crippen LogP) is 7.30. The van der Waals surface area contributed by atoms with Gasteiger partial charge >= 0.3 is 5.97 Å². The van der Waals surface area contributed by atoms with Crippen LogP contribution >= 0.6 is 11.6 Å². The van der Waals surface area contributed by atoms with E-state index in [0.29, 0.717) is 41.0 Å². The Kier molecular flexibility index (Phi) is 9.34. The van der Waals surface area contributed by atoms with Crippen molar-refractivity contribution in [1.82, 2.24) is 0 Å². The van der Waals surface area contributed by atoms with Gasteiger partial charge in [0.1, 0.15) is 5.75 Å². The van der Waals surface area contributed by atoms with Crippen LogP contribution in [0.25, 0.3) is 11.6 Å². The molecule has 5 nitrogen and oxygen atoms in total. The molecule has 3 aromatic rings. The summed E-state index contributed by atoms with van der Waals surface area (Å²) in [6.45, 7) is 4.70. The molecule has 0 aliphatic heterocycles. The number of benzene rings is 3. The van der Waals surface area contributed by atoms with Gasteiger partial charge in [0.2, 0.25) is 0 Å². The Hall–Kier alpha value is -3.75. The molecule has 3 rings (SSSR count). The van der Waals surface area contributed by atoms with E-state index in [4.69, 9.17) is 25.8 Å². The van der Waals surface area contributed by atoms with E-state index in [1.165, 1.54) is 12.7 Å². The highest BCUT2D eigenvalue weighted by molar-refractivity contribution is 6.30. The molecule has 0 bridgehead atoms. The van der Waals surface area contributed by atoms with Gasteiger partial charge in [-0.15, -0.1) is 0 Å². The van der Waals surface area contributed by atoms with E-state index in [9.17, 15) is 10.1 Å². The van der Waals surface area contributed by atoms with E-state index in [1.54, 1.807) is 48.5 Å². The van der Waals surface area contributed by atoms with E-state index in [0.717, 1.165) is 16.9 Å². The maximum absolute atomic E-state index is 12.3. The largest absolute Gasteiger partial charge is 0.494 e. The average Bonchev–Trinajstić information content (AvgIpc) is 2.86. The van der Waals surface area contributed by atoms with Crippen molar-refractivity contribution in [2.45, 2.75) is 32.6 Å². The van der Waals surface area contributed by atoms with Crippen molar-refractivity contribution in [2.24, 2.45) is 0 Å². The third-order valence-electron chi connectivity index (χ3n) is 5.34. The number of allylic oxidation sites excluding steroid dienone is 1. The Morgan fingerprint density at radius 2 is 1.74 bits per heavy atom. The fraction of sp³-hybridized carbons (Fsp3) is 0.241. The number of carbonyl (C=O) groups is 1. The van der Waals surface area contributed by atoms with Crippen LogP contribution in [0.3, 0.4) is 0 Å². The summed E-state index contributed by atoms with van der Waals surface area (Å²) in [5.74, 6) is 1.61. The van der Waals surface area contributed by atoms with Crippen LogP contribution in [0, 0.1) is 11.3 Å². The zero-order valence-electron chi connectivity index (χ0n) is 20.1. The van der Waals surface area contributed by atoms with Gasteiger partial charge in [-0.2, -0.15) is 5.26 Å². The smallest absolute Gasteiger partial charge is 0.311 e. The highest BCUT2D eigenvalue weighted by Gasteiger charge is 2.12. The SMILES string of the molecule is COc1cc(/C=C(\C#N)c2ccc(Cl)cc2)ccc1OC(=O)CCCOc1ccc(C(C)C)cc1. The summed E-state index contributed by atoms with van der Waals surface area (Å²) in [7, 11) is 1.50. The summed E-state index contributed by atoms with van der Waals surface area (Å²) >= 11 is 5.93. The molecule has 0 radical (unpaired) electrons. The average molecular weight is 490 g/mol. The summed E-state index contributed by atoms with van der Waals surface area (Å²) in [5, 5.41) is 10.2. The minimum absolute atomic E-state index is 0.212. The molecule has 0 spiro atoms. The van der Waals surface area contributed by atoms with Crippen molar-refractivity contribution >= 4 is 29.2 Å². The Labute approximate surface area is 211 Å². The van der Waals surface area contributed by atoms with Gasteiger partial charge in [-0.1, -0.05) is 55.8 Å². The first-order chi connectivity index (χ1) is 16.9. The number of ether oxygens (including phenoxy) is 3. The van der Waals surface area contributed by atoms with Gasteiger partial charge in [-0.3, -0.25) is 4.79 Å². The van der Waals surface area contributed by atoms with Gasteiger partial charge in [0.05, 0.1) is 25.4 Å². The standard InChI is InChI=1S/C29H28ClNO4/c1-20(2)22-9-13-26(14-10-22)34-16-4-5-29(32)35-27-15-6-21(18-28(27)33-3)17-24(19-31)23-7-11-25(30)12-8-23/h6-15,17-18,20H,4-5,16H2,1-3H3/b24-17+. The van der Waals surface area contributed by atoms with Crippen LogP contribution in [0.2, 0.25) is 5.02 Å². The Bertz CT molecular complexity index is 1210. The van der Waals surface area contributed by atoms with E-state index < -0.39 is 0 Å². The first kappa shape index (κ1) is 25.9. The predicted molar refractivity (Wildman–Crippen MR) is 139 cm³/mol. The van der Waals surface area contributed by atoms with Gasteiger partial charge in [-0.25, -0.2) is 0 Å². The first-order valence-electron chi connectivity index (χ1n) is 11.4. The summed E-state index contributed by atoms with van der Waals surface area (Å²) in [6, 6.07) is 22.4. The van der Waals surface area contributed by atoms with Crippen LogP contribution in [0.5, 0.6) is 17.2 Å². The Morgan fingerprint density at radius 1 is 1.03 bits per heavy atom. The molecule has 0 unspecified atom stereocenters. The van der Waals surface area contributed by atoms with E-state index in [1.807, 2.05) is 12.1 Å². The van der Waals surface area contributed by atoms with Gasteiger partial charge in [0, 0.05) is 11.4 Å². The molecule has 0 aliphatic rings. The van der Waals surface area contributed by atoms with Crippen molar-refractivity contribution < 1.29 is 19.0 Å². The lowest BCUT2D eigenvalue weighted by atomic mass is 10.0. The second kappa shape index (κ2) is 12.6. The topological polar surface area (TPSA) is 68.5 Å². The molecule has 0 N–H and O–H groups in total. The second-order valence-corrected chi connectivity index (χ2v) is 8.67. The number of nitrogens with zero attached hydrogens (tertiary/aromatic N) is 1. The number of esters is 1. The molecule has 0 amide bonds. The molecule has 0 atom stereocenters. The molecule has 0 aliphatic carbocycles. The second-order valence-electron chi connectivity index (χ2n) is 8.24. The molecule has 0 aromatic heterocycles. The van der Waals surface area contributed by atoms with Gasteiger partial charge in [0.25, 0.3) is 0 Å². The molecule has 0 saturated carbocycles. The highest BCUT2D eigenvalue weighted by atomic mass is 35.5. The molecule has 180 valence electrons. The van der Waals surface area contributed by atoms with Crippen molar-refractivity contribution in [1.29, 1.82) is 5.26 Å². The summed E-state index contributed by atoms with van der Waals surface area (Å²) < 4.78 is 16.6. The quantitative estimate of drug-likeness (QED) is 0.0982. The zero-order valence-corrected chi connectivity index (χ0v) is 20.8. The van der Waals surface area contributed by atoms with Crippen LogP contribution in [0.1, 0.15) is 49.3 Å². The molecule has 35 heavy (non-hydrogen) atoms. The maximum Gasteiger partial charge on any atom is 0.311 e. The number of carbonyl (C=O) groups excluding carboxylic acids is 1. The summed E-state index contributed by atoms with van der Waals surface area (Å²) in [5.41, 5.74) is 3.23. The lowest BCUT2D eigenvalue weighted by molar-refractivity contribution is -0.134. The van der Waals surface area contributed by atoms with Crippen LogP contribution in [-0.4, -0.2) is 19.7 Å². The number of methoxy groups -OCH3 is 1. The fourth-order valence-corrected chi connectivity index (χ4v) is 3.49. The fourth-order valence-electron chi connectivity index (χ4n) is 3.36. The normalized spacial score (nSPS) is 11.1. The Morgan fingerprint density at radius 3 is 2.37 bits per heavy atom. The molecule has 3 aromatic carbocycles. The Balaban J connectivity index is 1.56. The zero-order chi connectivity index (χ0) is 25.2. The third kappa shape index (κ3) is 7.63. The van der Waals surface area contributed by atoms with Crippen molar-refractivity contribution in [3.8, 4) is 23.3 Å². The monoisotopic (exact) mass is 489 g/mol. The lowest BCUT2D eigenvalue weighted by Gasteiger charge is -2.11. The van der Waals surface area contributed by atoms with Gasteiger partial charge < -0.3 is 14.2 Å². The minimum Gasteiger partial charge on any atom is -0.494 e. The molecular weight excluding hydrogens is 462 g/mol. The molecule has 6 heteroatoms. The third-order valence-corrected chi connectivity index (χ3v) is 5.59. The minimum atomic E-state index is -0.371. The highest BCUT2D eigenvalue weighted by Crippen LogP contribution is 2.30. The summed E-state index contributed by atoms with van der Waals surface area (Å²) in [6.07, 6.45) is 2.48. The molecule has 0 fully saturated rings. The number of hydrogen-bond donors (Lipinski definition) is 0. The van der Waals surface area contributed by atoms with E-state index in [2.05, 4.69) is 32.0 Å². The first-order valence-corrected chi connectivity index (χ1v) is 11.8. The van der Waals surface area contributed by atoms with Gasteiger partial charge in [-0.05, 0) is 71.5 Å². The lowest BCUT2D eigenvalue weighted by Crippen LogP contribution is -2.10. The van der Waals surface area contributed by atoms with Crippen LogP contribution in [0.15, 0.2) is 66.7 Å². The van der Waals surface area contributed by atoms with Crippen LogP contribution in [-0.2, 0) is 4.79 Å². The molecular formula is C29H28ClNO4. The maximum atomic E-state index is 12.3. The number of nitriles is 1. The molecule has 0 saturated heterocycles. The number of rotatable bonds is 10. The van der Waals surface area contributed by atoms with Crippen LogP contribution < -0.4 is 14.2 Å². The van der Waals surface area contributed by atoms with Crippen molar-refractivity contribution in [3.05, 3.63) is 88.4 Å². The van der Waals surface area contributed by atoms with Gasteiger partial charge in [0.15, 0.2) is 11.5 Å². The number of hydrogen-bond acceptors (Lipinski definition) is 5. The van der Waals surface area contributed by atoms with Crippen molar-refractivity contribution in [2.75, 3.05) is 13.7 Å². The molecule has 0 heterocycles. The van der Waals surface area contributed by atoms with Crippen molar-refractivity contribution in [3.63, 3.8) is 0 Å². The van der Waals surface area contributed by atoms with Crippen LogP contribution in [0.4, 0.5) is 0 Å². The number of halogens is 1. The van der Waals surface area contributed by atoms with E-state index in [-0.39, 0.29) is 12.4 Å². The van der Waals surface area contributed by atoms with E-state index >= 15 is 0 Å². The summed E-state index contributed by atoms with van der Waals surface area (Å²) in [4.78, 5) is 12.3.